The first kappa shape index (κ1) is 28.1. The van der Waals surface area contributed by atoms with Crippen LogP contribution in [0.4, 0.5) is 13.2 Å². The number of unbranched alkanes of at least 4 members (excludes halogenated alkanes) is 1. The summed E-state index contributed by atoms with van der Waals surface area (Å²) in [6.07, 6.45) is 9.54. The van der Waals surface area contributed by atoms with Crippen LogP contribution < -0.4 is 5.32 Å². The number of aliphatic hydroxyl groups excluding tert-OH is 1. The topological polar surface area (TPSA) is 41.5 Å². The number of hydrogen-bond acceptors (Lipinski definition) is 3. The van der Waals surface area contributed by atoms with E-state index in [9.17, 15) is 13.2 Å². The number of nitrogens with one attached hydrogen (secondary N) is 1. The van der Waals surface area contributed by atoms with Gasteiger partial charge in [-0.3, -0.25) is 4.74 Å². The summed E-state index contributed by atoms with van der Waals surface area (Å²) in [5.41, 5.74) is 1.43. The molecule has 0 aromatic heterocycles. The predicted octanol–water partition coefficient (Wildman–Crippen LogP) is 5.92. The zero-order valence-corrected chi connectivity index (χ0v) is 17.4. The lowest BCUT2D eigenvalue weighted by Gasteiger charge is -2.22. The lowest BCUT2D eigenvalue weighted by molar-refractivity contribution is -0.320. The van der Waals surface area contributed by atoms with Crippen molar-refractivity contribution in [3.8, 4) is 0 Å². The molecule has 0 radical (unpaired) electrons. The molecule has 0 aromatic carbocycles. The number of rotatable bonds is 8. The summed E-state index contributed by atoms with van der Waals surface area (Å²) in [4.78, 5) is 0. The van der Waals surface area contributed by atoms with Gasteiger partial charge in [-0.05, 0) is 25.3 Å². The lowest BCUT2D eigenvalue weighted by Crippen LogP contribution is -2.32. The van der Waals surface area contributed by atoms with Crippen LogP contribution in [0.3, 0.4) is 0 Å². The summed E-state index contributed by atoms with van der Waals surface area (Å²) < 4.78 is 39.2. The molecule has 0 saturated heterocycles. The standard InChI is InChI=1S/C16H24F3NO.C4H10.CH4O/c1-13(11-20-15-9-4-3-5-10-15)7-6-8-14(2)12-21-16(17,18)19;1-3-4-2;1-2/h6-8,15,20H,2-5,9-12H2,1H3;3-4H2,1-2H3;2H,1H3/b8-6-,13-7+;;. The van der Waals surface area contributed by atoms with Crippen LogP contribution in [0.5, 0.6) is 0 Å². The smallest absolute Gasteiger partial charge is 0.400 e. The molecule has 1 aliphatic rings. The van der Waals surface area contributed by atoms with E-state index in [1.165, 1.54) is 51.0 Å². The molecule has 1 rings (SSSR count). The molecule has 1 fully saturated rings. The Hall–Kier alpha value is -1.11. The first-order valence-corrected chi connectivity index (χ1v) is 9.68. The Kier molecular flexibility index (Phi) is 19.0. The van der Waals surface area contributed by atoms with E-state index < -0.39 is 13.0 Å². The van der Waals surface area contributed by atoms with Crippen molar-refractivity contribution in [2.75, 3.05) is 20.3 Å². The van der Waals surface area contributed by atoms with E-state index in [0.717, 1.165) is 19.2 Å². The fourth-order valence-corrected chi connectivity index (χ4v) is 2.24. The number of hydrogen-bond donors (Lipinski definition) is 2. The predicted molar refractivity (Wildman–Crippen MR) is 108 cm³/mol. The summed E-state index contributed by atoms with van der Waals surface area (Å²) >= 11 is 0. The number of ether oxygens (including phenoxy) is 1. The molecule has 0 spiro atoms. The maximum Gasteiger partial charge on any atom is 0.522 e. The first-order chi connectivity index (χ1) is 12.8. The number of alkyl halides is 3. The fourth-order valence-electron chi connectivity index (χ4n) is 2.24. The van der Waals surface area contributed by atoms with Crippen molar-refractivity contribution < 1.29 is 23.0 Å². The van der Waals surface area contributed by atoms with Crippen LogP contribution in [0.25, 0.3) is 0 Å². The maximum absolute atomic E-state index is 11.8. The van der Waals surface area contributed by atoms with Gasteiger partial charge < -0.3 is 10.4 Å². The molecular formula is C21H38F3NO2. The van der Waals surface area contributed by atoms with Gasteiger partial charge in [-0.25, -0.2) is 0 Å². The van der Waals surface area contributed by atoms with Crippen molar-refractivity contribution >= 4 is 0 Å². The van der Waals surface area contributed by atoms with Gasteiger partial charge in [-0.1, -0.05) is 76.3 Å². The van der Waals surface area contributed by atoms with Crippen LogP contribution in [0.1, 0.15) is 65.7 Å². The summed E-state index contributed by atoms with van der Waals surface area (Å²) in [6.45, 7) is 10.1. The highest BCUT2D eigenvalue weighted by Gasteiger charge is 2.28. The van der Waals surface area contributed by atoms with Crippen LogP contribution in [0, 0.1) is 0 Å². The zero-order valence-electron chi connectivity index (χ0n) is 17.4. The summed E-state index contributed by atoms with van der Waals surface area (Å²) in [7, 11) is 1.00. The molecule has 6 heteroatoms. The molecule has 0 heterocycles. The van der Waals surface area contributed by atoms with Gasteiger partial charge >= 0.3 is 6.36 Å². The van der Waals surface area contributed by atoms with Crippen molar-refractivity contribution in [1.29, 1.82) is 0 Å². The van der Waals surface area contributed by atoms with Crippen LogP contribution in [0.2, 0.25) is 0 Å². The average Bonchev–Trinajstić information content (AvgIpc) is 2.67. The van der Waals surface area contributed by atoms with Crippen LogP contribution in [-0.2, 0) is 4.74 Å². The highest BCUT2D eigenvalue weighted by molar-refractivity contribution is 5.22. The van der Waals surface area contributed by atoms with Crippen molar-refractivity contribution in [2.24, 2.45) is 0 Å². The third-order valence-corrected chi connectivity index (χ3v) is 3.91. The number of aliphatic hydroxyl groups is 1. The monoisotopic (exact) mass is 393 g/mol. The van der Waals surface area contributed by atoms with Gasteiger partial charge in [0.1, 0.15) is 0 Å². The van der Waals surface area contributed by atoms with Gasteiger partial charge in [0.05, 0.1) is 6.61 Å². The SMILES string of the molecule is C=C(/C=C\C=C(/C)CNC1CCCCC1)COC(F)(F)F.CCCC.CO. The van der Waals surface area contributed by atoms with Crippen molar-refractivity contribution in [3.63, 3.8) is 0 Å². The van der Waals surface area contributed by atoms with Crippen LogP contribution >= 0.6 is 0 Å². The van der Waals surface area contributed by atoms with Gasteiger partial charge in [-0.2, -0.15) is 0 Å². The maximum atomic E-state index is 11.8. The van der Waals surface area contributed by atoms with E-state index in [2.05, 4.69) is 30.5 Å². The Bertz CT molecular complexity index is 410. The molecule has 1 aliphatic carbocycles. The van der Waals surface area contributed by atoms with Crippen LogP contribution in [0.15, 0.2) is 36.0 Å². The van der Waals surface area contributed by atoms with Crippen molar-refractivity contribution in [1.82, 2.24) is 5.32 Å². The van der Waals surface area contributed by atoms with Crippen molar-refractivity contribution in [3.05, 3.63) is 36.0 Å². The second kappa shape index (κ2) is 18.3. The van der Waals surface area contributed by atoms with E-state index in [-0.39, 0.29) is 5.57 Å². The number of allylic oxidation sites excluding steroid dienone is 2. The molecule has 0 amide bonds. The van der Waals surface area contributed by atoms with Gasteiger partial charge in [0.25, 0.3) is 0 Å². The Labute approximate surface area is 163 Å². The third-order valence-electron chi connectivity index (χ3n) is 3.91. The normalized spacial score (nSPS) is 15.6. The Morgan fingerprint density at radius 1 is 1.15 bits per heavy atom. The van der Waals surface area contributed by atoms with Crippen LogP contribution in [-0.4, -0.2) is 37.8 Å². The fraction of sp³-hybridized carbons (Fsp3) is 0.714. The largest absolute Gasteiger partial charge is 0.522 e. The highest BCUT2D eigenvalue weighted by Crippen LogP contribution is 2.18. The minimum Gasteiger partial charge on any atom is -0.400 e. The van der Waals surface area contributed by atoms with Gasteiger partial charge in [0, 0.05) is 19.7 Å². The molecule has 0 aliphatic heterocycles. The lowest BCUT2D eigenvalue weighted by atomic mass is 9.95. The summed E-state index contributed by atoms with van der Waals surface area (Å²) in [6, 6.07) is 0.598. The van der Waals surface area contributed by atoms with Gasteiger partial charge in [0.2, 0.25) is 0 Å². The minimum atomic E-state index is -4.60. The van der Waals surface area contributed by atoms with E-state index >= 15 is 0 Å². The average molecular weight is 394 g/mol. The summed E-state index contributed by atoms with van der Waals surface area (Å²) in [5, 5.41) is 10.5. The number of halogens is 3. The molecule has 2 N–H and O–H groups in total. The van der Waals surface area contributed by atoms with E-state index in [1.54, 1.807) is 6.08 Å². The molecule has 1 saturated carbocycles. The molecule has 3 nitrogen and oxygen atoms in total. The van der Waals surface area contributed by atoms with E-state index in [4.69, 9.17) is 5.11 Å². The highest BCUT2D eigenvalue weighted by atomic mass is 19.4. The molecule has 0 atom stereocenters. The third kappa shape index (κ3) is 21.1. The van der Waals surface area contributed by atoms with Gasteiger partial charge in [0.15, 0.2) is 0 Å². The molecular weight excluding hydrogens is 355 g/mol. The Balaban J connectivity index is 0. The minimum absolute atomic E-state index is 0.289. The second-order valence-electron chi connectivity index (χ2n) is 6.48. The van der Waals surface area contributed by atoms with Gasteiger partial charge in [-0.15, -0.1) is 13.2 Å². The van der Waals surface area contributed by atoms with E-state index in [0.29, 0.717) is 6.04 Å². The molecule has 0 unspecified atom stereocenters. The quantitative estimate of drug-likeness (QED) is 0.503. The molecule has 0 aromatic rings. The Morgan fingerprint density at radius 3 is 2.19 bits per heavy atom. The molecule has 160 valence electrons. The molecule has 0 bridgehead atoms. The Morgan fingerprint density at radius 2 is 1.70 bits per heavy atom. The van der Waals surface area contributed by atoms with E-state index in [1.807, 2.05) is 13.0 Å². The summed E-state index contributed by atoms with van der Waals surface area (Å²) in [5.74, 6) is 0. The second-order valence-corrected chi connectivity index (χ2v) is 6.48. The molecule has 27 heavy (non-hydrogen) atoms. The zero-order chi connectivity index (χ0) is 21.1. The first-order valence-electron chi connectivity index (χ1n) is 9.68. The van der Waals surface area contributed by atoms with Crippen molar-refractivity contribution in [2.45, 2.75) is 78.1 Å².